The first-order chi connectivity index (χ1) is 20.4. The highest BCUT2D eigenvalue weighted by molar-refractivity contribution is 8.02. The highest BCUT2D eigenvalue weighted by Crippen LogP contribution is 2.71. The molecule has 43 heavy (non-hydrogen) atoms. The number of carbonyl (C=O) groups is 3. The van der Waals surface area contributed by atoms with Gasteiger partial charge in [-0.05, 0) is 91.0 Å². The number of thioether (sulfide) groups is 1. The van der Waals surface area contributed by atoms with Crippen LogP contribution in [0.25, 0.3) is 0 Å². The van der Waals surface area contributed by atoms with Crippen LogP contribution in [0.1, 0.15) is 66.7 Å². The zero-order valence-corrected chi connectivity index (χ0v) is 27.3. The molecule has 0 saturated carbocycles. The summed E-state index contributed by atoms with van der Waals surface area (Å²) < 4.78 is 4.44. The molecule has 236 valence electrons. The number of nitrogens with zero attached hydrogens (tertiary/aromatic N) is 3. The number of likely N-dealkylation sites (tertiary alicyclic amines) is 1. The molecule has 9 heteroatoms. The second-order valence-corrected chi connectivity index (χ2v) is 15.0. The normalized spacial score (nSPS) is 27.6. The molecule has 3 saturated heterocycles. The van der Waals surface area contributed by atoms with Crippen LogP contribution in [0.2, 0.25) is 0 Å². The van der Waals surface area contributed by atoms with Crippen LogP contribution >= 0.6 is 11.8 Å². The second-order valence-electron chi connectivity index (χ2n) is 13.1. The van der Waals surface area contributed by atoms with E-state index in [1.807, 2.05) is 56.9 Å². The predicted molar refractivity (Wildman–Crippen MR) is 173 cm³/mol. The monoisotopic (exact) mass is 611 g/mol. The number of carbonyl (C=O) groups excluding carboxylic acids is 3. The lowest BCUT2D eigenvalue weighted by atomic mass is 9.66. The Morgan fingerprint density at radius 2 is 1.77 bits per heavy atom. The van der Waals surface area contributed by atoms with Crippen molar-refractivity contribution in [2.75, 3.05) is 37.7 Å². The van der Waals surface area contributed by atoms with Gasteiger partial charge < -0.3 is 24.5 Å². The number of aliphatic hydroxyl groups excluding tert-OH is 1. The van der Waals surface area contributed by atoms with Gasteiger partial charge in [0.05, 0.1) is 23.2 Å². The van der Waals surface area contributed by atoms with E-state index in [1.54, 1.807) is 33.7 Å². The SMILES string of the molecule is C=CCN(C(=O)[C@@H]1[C@H]2C(=O)N(CCCCCO)C(C(=O)N(CC=C)C(C)(C)C)C23CC[C@@]1(C)S3)c1ccc(OCC)cc1. The molecular formula is C34H49N3O5S. The fourth-order valence-corrected chi connectivity index (χ4v) is 9.72. The van der Waals surface area contributed by atoms with Crippen molar-refractivity contribution in [3.63, 3.8) is 0 Å². The Kier molecular flexibility index (Phi) is 10.1. The molecule has 3 aliphatic heterocycles. The minimum Gasteiger partial charge on any atom is -0.494 e. The number of aliphatic hydroxyl groups is 1. The van der Waals surface area contributed by atoms with Crippen molar-refractivity contribution in [3.8, 4) is 5.75 Å². The van der Waals surface area contributed by atoms with E-state index in [0.717, 1.165) is 24.3 Å². The van der Waals surface area contributed by atoms with Crippen molar-refractivity contribution in [2.24, 2.45) is 11.8 Å². The van der Waals surface area contributed by atoms with Gasteiger partial charge in [-0.25, -0.2) is 0 Å². The van der Waals surface area contributed by atoms with Gasteiger partial charge in [-0.2, -0.15) is 0 Å². The zero-order chi connectivity index (χ0) is 31.6. The lowest BCUT2D eigenvalue weighted by Gasteiger charge is -2.42. The van der Waals surface area contributed by atoms with Crippen LogP contribution in [0.3, 0.4) is 0 Å². The van der Waals surface area contributed by atoms with E-state index >= 15 is 0 Å². The standard InChI is InChI=1S/C34H49N3O5S/c1-8-20-35(24-14-16-25(17-15-24)42-10-3)29(39)26-27-30(40)36(22-12-11-13-23-38)28(34(27)19-18-33(26,7)43-34)31(41)37(21-9-2)32(4,5)6/h8-9,14-17,26-28,38H,1-2,10-13,18-23H2,3-7H3/t26-,27-,28?,33+,34?/m0/s1. The number of amides is 3. The van der Waals surface area contributed by atoms with Crippen LogP contribution in [-0.2, 0) is 14.4 Å². The van der Waals surface area contributed by atoms with Gasteiger partial charge in [0, 0.05) is 42.2 Å². The lowest BCUT2D eigenvalue weighted by Crippen LogP contribution is -2.59. The van der Waals surface area contributed by atoms with E-state index in [0.29, 0.717) is 45.5 Å². The summed E-state index contributed by atoms with van der Waals surface area (Å²) in [4.78, 5) is 49.1. The topological polar surface area (TPSA) is 90.4 Å². The molecule has 1 aromatic rings. The van der Waals surface area contributed by atoms with Gasteiger partial charge >= 0.3 is 0 Å². The third-order valence-electron chi connectivity index (χ3n) is 9.26. The Morgan fingerprint density at radius 3 is 2.35 bits per heavy atom. The van der Waals surface area contributed by atoms with Gasteiger partial charge in [-0.1, -0.05) is 12.2 Å². The molecule has 5 atom stereocenters. The van der Waals surface area contributed by atoms with Crippen molar-refractivity contribution < 1.29 is 24.2 Å². The summed E-state index contributed by atoms with van der Waals surface area (Å²) in [6.45, 7) is 19.6. The molecule has 3 fully saturated rings. The minimum atomic E-state index is -0.691. The first-order valence-electron chi connectivity index (χ1n) is 15.6. The molecule has 8 nitrogen and oxygen atoms in total. The van der Waals surface area contributed by atoms with E-state index in [-0.39, 0.29) is 24.3 Å². The number of rotatable bonds is 14. The Morgan fingerprint density at radius 1 is 1.09 bits per heavy atom. The number of hydrogen-bond donors (Lipinski definition) is 1. The smallest absolute Gasteiger partial charge is 0.247 e. The number of anilines is 1. The largest absolute Gasteiger partial charge is 0.494 e. The number of benzene rings is 1. The lowest BCUT2D eigenvalue weighted by molar-refractivity contribution is -0.145. The number of unbranched alkanes of at least 4 members (excludes halogenated alkanes) is 2. The average Bonchev–Trinajstić information content (AvgIpc) is 3.52. The first-order valence-corrected chi connectivity index (χ1v) is 16.4. The fraction of sp³-hybridized carbons (Fsp3) is 0.618. The maximum Gasteiger partial charge on any atom is 0.247 e. The van der Waals surface area contributed by atoms with E-state index in [1.165, 1.54) is 0 Å². The highest BCUT2D eigenvalue weighted by Gasteiger charge is 2.77. The van der Waals surface area contributed by atoms with Crippen molar-refractivity contribution in [2.45, 2.75) is 87.8 Å². The summed E-state index contributed by atoms with van der Waals surface area (Å²) in [5.74, 6) is -0.738. The van der Waals surface area contributed by atoms with Crippen LogP contribution in [0, 0.1) is 11.8 Å². The van der Waals surface area contributed by atoms with Gasteiger partial charge in [0.2, 0.25) is 17.7 Å². The van der Waals surface area contributed by atoms with Crippen LogP contribution in [-0.4, -0.2) is 86.6 Å². The maximum atomic E-state index is 14.6. The molecule has 0 radical (unpaired) electrons. The third kappa shape index (κ3) is 5.99. The van der Waals surface area contributed by atoms with Crippen LogP contribution < -0.4 is 9.64 Å². The van der Waals surface area contributed by atoms with Crippen LogP contribution in [0.5, 0.6) is 5.75 Å². The number of fused-ring (bicyclic) bond motifs is 1. The van der Waals surface area contributed by atoms with Crippen molar-refractivity contribution >= 4 is 35.2 Å². The Balaban J connectivity index is 1.76. The summed E-state index contributed by atoms with van der Waals surface area (Å²) in [5, 5.41) is 9.33. The highest BCUT2D eigenvalue weighted by atomic mass is 32.2. The molecule has 3 heterocycles. The molecule has 2 unspecified atom stereocenters. The Labute approximate surface area is 261 Å². The fourth-order valence-electron chi connectivity index (χ4n) is 7.37. The van der Waals surface area contributed by atoms with E-state index in [4.69, 9.17) is 4.74 Å². The maximum absolute atomic E-state index is 14.6. The Hall–Kier alpha value is -2.78. The molecule has 0 aliphatic carbocycles. The molecule has 4 rings (SSSR count). The first kappa shape index (κ1) is 33.1. The van der Waals surface area contributed by atoms with Gasteiger partial charge in [-0.3, -0.25) is 14.4 Å². The summed E-state index contributed by atoms with van der Waals surface area (Å²) >= 11 is 1.69. The van der Waals surface area contributed by atoms with Gasteiger partial charge in [-0.15, -0.1) is 24.9 Å². The predicted octanol–water partition coefficient (Wildman–Crippen LogP) is 5.06. The van der Waals surface area contributed by atoms with Crippen LogP contribution in [0.4, 0.5) is 5.69 Å². The van der Waals surface area contributed by atoms with Gasteiger partial charge in [0.1, 0.15) is 11.8 Å². The Bertz CT molecular complexity index is 1210. The van der Waals surface area contributed by atoms with Crippen molar-refractivity contribution in [1.82, 2.24) is 9.80 Å². The average molecular weight is 612 g/mol. The summed E-state index contributed by atoms with van der Waals surface area (Å²) in [5.41, 5.74) is 0.253. The summed E-state index contributed by atoms with van der Waals surface area (Å²) in [6.07, 6.45) is 6.98. The molecule has 1 N–H and O–H groups in total. The number of ether oxygens (including phenoxy) is 1. The van der Waals surface area contributed by atoms with Gasteiger partial charge in [0.25, 0.3) is 0 Å². The number of hydrogen-bond acceptors (Lipinski definition) is 6. The minimum absolute atomic E-state index is 0.0790. The zero-order valence-electron chi connectivity index (χ0n) is 26.5. The van der Waals surface area contributed by atoms with Gasteiger partial charge in [0.15, 0.2) is 0 Å². The molecule has 2 bridgehead atoms. The molecule has 1 aromatic carbocycles. The molecule has 0 aromatic heterocycles. The van der Waals surface area contributed by atoms with E-state index in [9.17, 15) is 19.5 Å². The summed E-state index contributed by atoms with van der Waals surface area (Å²) in [7, 11) is 0. The van der Waals surface area contributed by atoms with E-state index in [2.05, 4.69) is 20.1 Å². The van der Waals surface area contributed by atoms with Crippen molar-refractivity contribution in [3.05, 3.63) is 49.6 Å². The molecular weight excluding hydrogens is 562 g/mol. The molecule has 1 spiro atoms. The van der Waals surface area contributed by atoms with E-state index < -0.39 is 32.9 Å². The molecule has 3 amide bonds. The van der Waals surface area contributed by atoms with Crippen molar-refractivity contribution in [1.29, 1.82) is 0 Å². The summed E-state index contributed by atoms with van der Waals surface area (Å²) in [6, 6.07) is 6.78. The second kappa shape index (κ2) is 13.1. The van der Waals surface area contributed by atoms with Crippen LogP contribution in [0.15, 0.2) is 49.6 Å². The quantitative estimate of drug-likeness (QED) is 0.234. The third-order valence-corrected chi connectivity index (χ3v) is 11.2. The molecule has 3 aliphatic rings.